The van der Waals surface area contributed by atoms with Gasteiger partial charge >= 0.3 is 0 Å². The molecule has 1 saturated heterocycles. The second-order valence-corrected chi connectivity index (χ2v) is 6.28. The number of likely N-dealkylation sites (tertiary alicyclic amines) is 1. The summed E-state index contributed by atoms with van der Waals surface area (Å²) in [6.45, 7) is 7.21. The van der Waals surface area contributed by atoms with E-state index in [9.17, 15) is 9.59 Å². The molecular formula is C16H26N4O2. The maximum Gasteiger partial charge on any atom is 0.271 e. The fourth-order valence-corrected chi connectivity index (χ4v) is 2.97. The lowest BCUT2D eigenvalue weighted by atomic mass is 10.0. The Hall–Kier alpha value is -1.69. The molecule has 1 aromatic rings. The molecule has 1 aromatic heterocycles. The highest BCUT2D eigenvalue weighted by atomic mass is 16.2. The van der Waals surface area contributed by atoms with Crippen LogP contribution in [0.4, 0.5) is 0 Å². The molecule has 0 saturated carbocycles. The molecular weight excluding hydrogens is 280 g/mol. The van der Waals surface area contributed by atoms with Crippen LogP contribution in [0.2, 0.25) is 0 Å². The Kier molecular flexibility index (Phi) is 6.12. The third-order valence-corrected chi connectivity index (χ3v) is 4.26. The predicted molar refractivity (Wildman–Crippen MR) is 85.9 cm³/mol. The number of hydrogen-bond donors (Lipinski definition) is 2. The minimum absolute atomic E-state index is 0.239. The normalized spacial score (nSPS) is 18.0. The molecule has 0 aromatic carbocycles. The second kappa shape index (κ2) is 8.08. The molecule has 1 unspecified atom stereocenters. The lowest BCUT2D eigenvalue weighted by Gasteiger charge is -2.33. The van der Waals surface area contributed by atoms with Crippen molar-refractivity contribution >= 4 is 5.91 Å². The molecule has 0 bridgehead atoms. The quantitative estimate of drug-likeness (QED) is 0.862. The Morgan fingerprint density at radius 2 is 1.95 bits per heavy atom. The van der Waals surface area contributed by atoms with Gasteiger partial charge in [-0.05, 0) is 37.9 Å². The van der Waals surface area contributed by atoms with Gasteiger partial charge in [0.15, 0.2) is 0 Å². The number of H-pyrrole nitrogens is 1. The minimum atomic E-state index is -0.304. The van der Waals surface area contributed by atoms with E-state index in [4.69, 9.17) is 0 Å². The van der Waals surface area contributed by atoms with Crippen LogP contribution >= 0.6 is 0 Å². The SMILES string of the molecule is CC(C)C(CNC(=O)c1ccc(=O)[nH]n1)N1CCCCCC1. The average Bonchev–Trinajstić information content (AvgIpc) is 2.77. The zero-order valence-corrected chi connectivity index (χ0v) is 13.5. The third-order valence-electron chi connectivity index (χ3n) is 4.26. The summed E-state index contributed by atoms with van der Waals surface area (Å²) in [5, 5.41) is 9.00. The summed E-state index contributed by atoms with van der Waals surface area (Å²) in [6, 6.07) is 3.10. The van der Waals surface area contributed by atoms with Gasteiger partial charge in [0.1, 0.15) is 5.69 Å². The number of nitrogens with one attached hydrogen (secondary N) is 2. The minimum Gasteiger partial charge on any atom is -0.349 e. The summed E-state index contributed by atoms with van der Waals surface area (Å²) < 4.78 is 0. The van der Waals surface area contributed by atoms with Gasteiger partial charge in [0.05, 0.1) is 0 Å². The number of aromatic amines is 1. The van der Waals surface area contributed by atoms with E-state index in [2.05, 4.69) is 34.3 Å². The maximum absolute atomic E-state index is 12.1. The molecule has 1 atom stereocenters. The smallest absolute Gasteiger partial charge is 0.271 e. The highest BCUT2D eigenvalue weighted by Crippen LogP contribution is 2.17. The van der Waals surface area contributed by atoms with Gasteiger partial charge in [0, 0.05) is 18.7 Å². The van der Waals surface area contributed by atoms with Crippen molar-refractivity contribution in [1.29, 1.82) is 0 Å². The van der Waals surface area contributed by atoms with Gasteiger partial charge in [-0.3, -0.25) is 14.5 Å². The summed E-state index contributed by atoms with van der Waals surface area (Å²) in [5.41, 5.74) is -0.0563. The molecule has 0 spiro atoms. The molecule has 22 heavy (non-hydrogen) atoms. The van der Waals surface area contributed by atoms with E-state index in [1.54, 1.807) is 0 Å². The lowest BCUT2D eigenvalue weighted by molar-refractivity contribution is 0.0911. The average molecular weight is 306 g/mol. The van der Waals surface area contributed by atoms with E-state index in [1.807, 2.05) is 0 Å². The summed E-state index contributed by atoms with van der Waals surface area (Å²) in [5.74, 6) is 0.235. The molecule has 0 aliphatic carbocycles. The van der Waals surface area contributed by atoms with Crippen LogP contribution in [0.1, 0.15) is 50.0 Å². The number of aromatic nitrogens is 2. The van der Waals surface area contributed by atoms with Crippen molar-refractivity contribution in [2.24, 2.45) is 5.92 Å². The van der Waals surface area contributed by atoms with E-state index in [1.165, 1.54) is 37.8 Å². The number of rotatable bonds is 5. The fourth-order valence-electron chi connectivity index (χ4n) is 2.97. The number of hydrogen-bond acceptors (Lipinski definition) is 4. The highest BCUT2D eigenvalue weighted by molar-refractivity contribution is 5.91. The van der Waals surface area contributed by atoms with Crippen molar-refractivity contribution in [3.8, 4) is 0 Å². The van der Waals surface area contributed by atoms with Crippen LogP contribution in [-0.2, 0) is 0 Å². The monoisotopic (exact) mass is 306 g/mol. The standard InChI is InChI=1S/C16H26N4O2/c1-12(2)14(20-9-5-3-4-6-10-20)11-17-16(22)13-7-8-15(21)19-18-13/h7-8,12,14H,3-6,9-11H2,1-2H3,(H,17,22)(H,19,21). The largest absolute Gasteiger partial charge is 0.349 e. The van der Waals surface area contributed by atoms with E-state index >= 15 is 0 Å². The van der Waals surface area contributed by atoms with Gasteiger partial charge in [-0.15, -0.1) is 0 Å². The molecule has 1 fully saturated rings. The zero-order chi connectivity index (χ0) is 15.9. The van der Waals surface area contributed by atoms with Crippen LogP contribution in [0.3, 0.4) is 0 Å². The Balaban J connectivity index is 1.94. The maximum atomic E-state index is 12.1. The first-order chi connectivity index (χ1) is 10.6. The first kappa shape index (κ1) is 16.7. The van der Waals surface area contributed by atoms with Crippen molar-refractivity contribution in [3.63, 3.8) is 0 Å². The van der Waals surface area contributed by atoms with Crippen LogP contribution in [-0.4, -0.2) is 46.7 Å². The molecule has 2 heterocycles. The number of carbonyl (C=O) groups excluding carboxylic acids is 1. The van der Waals surface area contributed by atoms with Gasteiger partial charge in [0.2, 0.25) is 0 Å². The summed E-state index contributed by atoms with van der Waals surface area (Å²) in [4.78, 5) is 25.6. The first-order valence-electron chi connectivity index (χ1n) is 8.16. The van der Waals surface area contributed by atoms with Crippen LogP contribution in [0.5, 0.6) is 0 Å². The molecule has 2 rings (SSSR count). The van der Waals surface area contributed by atoms with E-state index in [0.717, 1.165) is 13.1 Å². The van der Waals surface area contributed by atoms with Gasteiger partial charge < -0.3 is 5.32 Å². The lowest BCUT2D eigenvalue weighted by Crippen LogP contribution is -2.47. The van der Waals surface area contributed by atoms with Crippen LogP contribution in [0, 0.1) is 5.92 Å². The Morgan fingerprint density at radius 3 is 2.50 bits per heavy atom. The first-order valence-corrected chi connectivity index (χ1v) is 8.16. The van der Waals surface area contributed by atoms with Crippen molar-refractivity contribution < 1.29 is 4.79 Å². The van der Waals surface area contributed by atoms with Crippen LogP contribution in [0.25, 0.3) is 0 Å². The summed E-state index contributed by atoms with van der Waals surface area (Å²) in [7, 11) is 0. The molecule has 1 amide bonds. The van der Waals surface area contributed by atoms with E-state index in [0.29, 0.717) is 18.5 Å². The fraction of sp³-hybridized carbons (Fsp3) is 0.688. The van der Waals surface area contributed by atoms with Gasteiger partial charge in [0.25, 0.3) is 11.5 Å². The van der Waals surface area contributed by atoms with Crippen LogP contribution in [0.15, 0.2) is 16.9 Å². The van der Waals surface area contributed by atoms with Gasteiger partial charge in [-0.2, -0.15) is 5.10 Å². The van der Waals surface area contributed by atoms with E-state index in [-0.39, 0.29) is 17.2 Å². The number of carbonyl (C=O) groups is 1. The van der Waals surface area contributed by atoms with E-state index < -0.39 is 0 Å². The molecule has 1 aliphatic heterocycles. The molecule has 1 aliphatic rings. The van der Waals surface area contributed by atoms with Gasteiger partial charge in [-0.1, -0.05) is 26.7 Å². The molecule has 6 nitrogen and oxygen atoms in total. The Morgan fingerprint density at radius 1 is 1.27 bits per heavy atom. The summed E-state index contributed by atoms with van der Waals surface area (Å²) in [6.07, 6.45) is 5.07. The molecule has 6 heteroatoms. The highest BCUT2D eigenvalue weighted by Gasteiger charge is 2.23. The third kappa shape index (κ3) is 4.66. The zero-order valence-electron chi connectivity index (χ0n) is 13.5. The second-order valence-electron chi connectivity index (χ2n) is 6.28. The molecule has 122 valence electrons. The Labute approximate surface area is 131 Å². The molecule has 2 N–H and O–H groups in total. The van der Waals surface area contributed by atoms with Crippen molar-refractivity contribution in [1.82, 2.24) is 20.4 Å². The number of nitrogens with zero attached hydrogens (tertiary/aromatic N) is 2. The van der Waals surface area contributed by atoms with Crippen molar-refractivity contribution in [2.75, 3.05) is 19.6 Å². The van der Waals surface area contributed by atoms with Crippen molar-refractivity contribution in [2.45, 2.75) is 45.6 Å². The van der Waals surface area contributed by atoms with Gasteiger partial charge in [-0.25, -0.2) is 5.10 Å². The predicted octanol–water partition coefficient (Wildman–Crippen LogP) is 1.40. The van der Waals surface area contributed by atoms with Crippen LogP contribution < -0.4 is 10.9 Å². The van der Waals surface area contributed by atoms with Crippen molar-refractivity contribution in [3.05, 3.63) is 28.2 Å². The summed E-state index contributed by atoms with van der Waals surface area (Å²) >= 11 is 0. The number of amides is 1. The Bertz CT molecular complexity index is 513. The molecule has 0 radical (unpaired) electrons. The topological polar surface area (TPSA) is 78.1 Å².